The number of benzene rings is 2. The van der Waals surface area contributed by atoms with Gasteiger partial charge >= 0.3 is 5.97 Å². The van der Waals surface area contributed by atoms with Crippen LogP contribution in [0.4, 0.5) is 5.69 Å². The first-order valence-electron chi connectivity index (χ1n) is 8.57. The quantitative estimate of drug-likeness (QED) is 0.573. The zero-order valence-corrected chi connectivity index (χ0v) is 17.1. The van der Waals surface area contributed by atoms with Gasteiger partial charge in [0.1, 0.15) is 0 Å². The van der Waals surface area contributed by atoms with E-state index >= 15 is 0 Å². The van der Waals surface area contributed by atoms with Gasteiger partial charge in [-0.3, -0.25) is 9.78 Å². The van der Waals surface area contributed by atoms with Crippen molar-refractivity contribution < 1.29 is 14.3 Å². The smallest absolute Gasteiger partial charge is 0.342 e. The van der Waals surface area contributed by atoms with Crippen LogP contribution >= 0.6 is 27.5 Å². The minimum atomic E-state index is -1.39. The molecule has 2 aromatic carbocycles. The number of halogens is 2. The molecule has 0 fully saturated rings. The lowest BCUT2D eigenvalue weighted by atomic mass is 10.0. The number of carbonyl (C=O) groups excluding carboxylic acids is 2. The second kappa shape index (κ2) is 8.14. The van der Waals surface area contributed by atoms with E-state index in [1.807, 2.05) is 12.1 Å². The summed E-state index contributed by atoms with van der Waals surface area (Å²) in [7, 11) is 0. The summed E-state index contributed by atoms with van der Waals surface area (Å²) in [5.74, 6) is -1.26. The summed E-state index contributed by atoms with van der Waals surface area (Å²) in [6.07, 6.45) is 1.51. The Kier molecular flexibility index (Phi) is 5.42. The molecule has 6 nitrogen and oxygen atoms in total. The number of rotatable bonds is 3. The molecule has 4 rings (SSSR count). The van der Waals surface area contributed by atoms with Gasteiger partial charge in [-0.1, -0.05) is 45.7 Å². The van der Waals surface area contributed by atoms with Crippen LogP contribution < -0.4 is 5.32 Å². The number of ether oxygens (including phenoxy) is 1. The Labute approximate surface area is 179 Å². The van der Waals surface area contributed by atoms with Gasteiger partial charge in [-0.05, 0) is 36.4 Å². The van der Waals surface area contributed by atoms with Crippen molar-refractivity contribution in [3.8, 4) is 0 Å². The molecule has 29 heavy (non-hydrogen) atoms. The number of pyridine rings is 1. The Morgan fingerprint density at radius 1 is 1.10 bits per heavy atom. The summed E-state index contributed by atoms with van der Waals surface area (Å²) in [6, 6.07) is 15.7. The molecule has 1 aromatic heterocycles. The molecule has 3 aromatic rings. The topological polar surface area (TPSA) is 80.6 Å². The van der Waals surface area contributed by atoms with E-state index in [1.165, 1.54) is 12.4 Å². The van der Waals surface area contributed by atoms with Gasteiger partial charge in [0.15, 0.2) is 0 Å². The monoisotopic (exact) mass is 469 g/mol. The van der Waals surface area contributed by atoms with Gasteiger partial charge in [0.05, 0.1) is 17.0 Å². The molecule has 1 N–H and O–H groups in total. The molecule has 1 aliphatic rings. The van der Waals surface area contributed by atoms with Crippen LogP contribution in [0, 0.1) is 0 Å². The van der Waals surface area contributed by atoms with Gasteiger partial charge in [0.2, 0.25) is 0 Å². The van der Waals surface area contributed by atoms with Crippen LogP contribution in [-0.4, -0.2) is 28.8 Å². The number of fused-ring (bicyclic) bond motifs is 1. The Balaban J connectivity index is 1.80. The third kappa shape index (κ3) is 4.06. The van der Waals surface area contributed by atoms with Crippen LogP contribution in [0.15, 0.2) is 76.5 Å². The standard InChI is InChI=1S/C21H13BrClN3O3/c22-13-7-8-17-15(10-13)18(14-5-1-2-6-16(14)23)26-20(19(27)25-17)29-21(28)12-4-3-9-24-11-12/h1-11,20H,(H,25,27). The highest BCUT2D eigenvalue weighted by Gasteiger charge is 2.30. The van der Waals surface area contributed by atoms with Crippen LogP contribution in [-0.2, 0) is 9.53 Å². The third-order valence-corrected chi connectivity index (χ3v) is 5.03. The van der Waals surface area contributed by atoms with Crippen LogP contribution in [0.3, 0.4) is 0 Å². The van der Waals surface area contributed by atoms with Crippen molar-refractivity contribution >= 4 is 50.8 Å². The highest BCUT2D eigenvalue weighted by Crippen LogP contribution is 2.30. The van der Waals surface area contributed by atoms with Crippen molar-refractivity contribution in [1.82, 2.24) is 4.98 Å². The second-order valence-corrected chi connectivity index (χ2v) is 7.46. The molecule has 0 spiro atoms. The summed E-state index contributed by atoms with van der Waals surface area (Å²) in [6.45, 7) is 0. The lowest BCUT2D eigenvalue weighted by Crippen LogP contribution is -2.30. The van der Waals surface area contributed by atoms with E-state index in [4.69, 9.17) is 16.3 Å². The number of carbonyl (C=O) groups is 2. The molecule has 0 aliphatic carbocycles. The van der Waals surface area contributed by atoms with Gasteiger partial charge < -0.3 is 10.1 Å². The van der Waals surface area contributed by atoms with Crippen molar-refractivity contribution in [2.45, 2.75) is 6.23 Å². The van der Waals surface area contributed by atoms with Gasteiger partial charge in [-0.15, -0.1) is 0 Å². The van der Waals surface area contributed by atoms with E-state index in [-0.39, 0.29) is 5.56 Å². The Morgan fingerprint density at radius 3 is 2.69 bits per heavy atom. The maximum Gasteiger partial charge on any atom is 0.342 e. The number of nitrogens with one attached hydrogen (secondary N) is 1. The van der Waals surface area contributed by atoms with Gasteiger partial charge in [0, 0.05) is 33.0 Å². The number of hydrogen-bond acceptors (Lipinski definition) is 5. The highest BCUT2D eigenvalue weighted by atomic mass is 79.9. The van der Waals surface area contributed by atoms with E-state index < -0.39 is 18.1 Å². The molecular weight excluding hydrogens is 458 g/mol. The van der Waals surface area contributed by atoms with E-state index in [0.29, 0.717) is 27.5 Å². The maximum absolute atomic E-state index is 12.7. The SMILES string of the molecule is O=C(OC1N=C(c2ccccc2Cl)c2cc(Br)ccc2NC1=O)c1cccnc1. The fraction of sp³-hybridized carbons (Fsp3) is 0.0476. The summed E-state index contributed by atoms with van der Waals surface area (Å²) >= 11 is 9.83. The van der Waals surface area contributed by atoms with Crippen molar-refractivity contribution in [3.63, 3.8) is 0 Å². The first-order valence-corrected chi connectivity index (χ1v) is 9.74. The van der Waals surface area contributed by atoms with Gasteiger partial charge in [-0.2, -0.15) is 0 Å². The van der Waals surface area contributed by atoms with Gasteiger partial charge in [-0.25, -0.2) is 9.79 Å². The summed E-state index contributed by atoms with van der Waals surface area (Å²) in [5.41, 5.74) is 2.47. The largest absolute Gasteiger partial charge is 0.426 e. The molecule has 0 radical (unpaired) electrons. The fourth-order valence-electron chi connectivity index (χ4n) is 2.86. The minimum Gasteiger partial charge on any atom is -0.426 e. The molecule has 144 valence electrons. The number of esters is 1. The average molecular weight is 471 g/mol. The summed E-state index contributed by atoms with van der Waals surface area (Å²) in [4.78, 5) is 33.6. The third-order valence-electron chi connectivity index (χ3n) is 4.21. The van der Waals surface area contributed by atoms with Crippen LogP contribution in [0.25, 0.3) is 0 Å². The Bertz CT molecular complexity index is 1140. The van der Waals surface area contributed by atoms with Crippen molar-refractivity contribution in [1.29, 1.82) is 0 Å². The average Bonchev–Trinajstić information content (AvgIpc) is 2.86. The highest BCUT2D eigenvalue weighted by molar-refractivity contribution is 9.10. The van der Waals surface area contributed by atoms with E-state index in [9.17, 15) is 9.59 Å². The number of benzodiazepines with no additional fused rings is 1. The molecular formula is C21H13BrClN3O3. The molecule has 0 saturated heterocycles. The van der Waals surface area contributed by atoms with Gasteiger partial charge in [0.25, 0.3) is 12.1 Å². The number of anilines is 1. The zero-order valence-electron chi connectivity index (χ0n) is 14.8. The number of hydrogen-bond donors (Lipinski definition) is 1. The lowest BCUT2D eigenvalue weighted by Gasteiger charge is -2.13. The fourth-order valence-corrected chi connectivity index (χ4v) is 3.45. The molecule has 0 saturated carbocycles. The maximum atomic E-state index is 12.7. The first kappa shape index (κ1) is 19.3. The normalized spacial score (nSPS) is 15.6. The zero-order chi connectivity index (χ0) is 20.4. The molecule has 8 heteroatoms. The van der Waals surface area contributed by atoms with Crippen molar-refractivity contribution in [3.05, 3.63) is 93.2 Å². The number of nitrogens with zero attached hydrogens (tertiary/aromatic N) is 2. The number of aromatic nitrogens is 1. The van der Waals surface area contributed by atoms with E-state index in [2.05, 4.69) is 31.2 Å². The molecule has 1 unspecified atom stereocenters. The lowest BCUT2D eigenvalue weighted by molar-refractivity contribution is -0.124. The van der Waals surface area contributed by atoms with Crippen LogP contribution in [0.2, 0.25) is 5.02 Å². The molecule has 1 amide bonds. The van der Waals surface area contributed by atoms with Crippen LogP contribution in [0.1, 0.15) is 21.5 Å². The molecule has 1 aliphatic heterocycles. The minimum absolute atomic E-state index is 0.222. The Hall–Kier alpha value is -3.03. The van der Waals surface area contributed by atoms with Crippen molar-refractivity contribution in [2.24, 2.45) is 4.99 Å². The first-order chi connectivity index (χ1) is 14.0. The molecule has 0 bridgehead atoms. The van der Waals surface area contributed by atoms with E-state index in [1.54, 1.807) is 42.5 Å². The summed E-state index contributed by atoms with van der Waals surface area (Å²) < 4.78 is 6.19. The van der Waals surface area contributed by atoms with E-state index in [0.717, 1.165) is 4.47 Å². The predicted molar refractivity (Wildman–Crippen MR) is 113 cm³/mol. The number of amides is 1. The molecule has 1 atom stereocenters. The Morgan fingerprint density at radius 2 is 1.93 bits per heavy atom. The van der Waals surface area contributed by atoms with Crippen molar-refractivity contribution in [2.75, 3.05) is 5.32 Å². The van der Waals surface area contributed by atoms with Crippen LogP contribution in [0.5, 0.6) is 0 Å². The predicted octanol–water partition coefficient (Wildman–Crippen LogP) is 4.47. The number of aliphatic imine (C=N–C) groups is 1. The second-order valence-electron chi connectivity index (χ2n) is 6.14. The molecule has 2 heterocycles. The summed E-state index contributed by atoms with van der Waals surface area (Å²) in [5, 5.41) is 3.23.